The van der Waals surface area contributed by atoms with Crippen LogP contribution in [0.15, 0.2) is 94.8 Å². The molecule has 1 N–H and O–H groups in total. The maximum atomic E-state index is 12.9. The summed E-state index contributed by atoms with van der Waals surface area (Å²) in [6, 6.07) is 23.8. The fourth-order valence-electron chi connectivity index (χ4n) is 3.51. The number of fused-ring (bicyclic) bond motifs is 1. The van der Waals surface area contributed by atoms with Crippen LogP contribution in [0.1, 0.15) is 21.5 Å². The van der Waals surface area contributed by atoms with E-state index >= 15 is 0 Å². The number of rotatable bonds is 3. The molecule has 1 saturated heterocycles. The zero-order valence-electron chi connectivity index (χ0n) is 17.6. The number of benzene rings is 3. The number of nitrogens with zero attached hydrogens (tertiary/aromatic N) is 1. The Labute approximate surface area is 194 Å². The standard InChI is InChI=1S/C26H18N2O4S/c1-31-18-13-11-16(12-14-18)22-15-20(19-9-5-6-10-21(19)32-22)23-25(30)28-26(33-23)27-24(29)17-7-3-2-4-8-17/h2-15H,1H3,(H,27,28,29,30). The maximum absolute atomic E-state index is 12.9. The molecular formula is C26H18N2O4S. The molecule has 0 radical (unpaired) electrons. The molecule has 0 unspecified atom stereocenters. The van der Waals surface area contributed by atoms with Crippen molar-refractivity contribution in [2.75, 3.05) is 7.11 Å². The van der Waals surface area contributed by atoms with Crippen LogP contribution in [0.2, 0.25) is 0 Å². The molecule has 2 aliphatic heterocycles. The Kier molecular flexibility index (Phi) is 5.54. The first kappa shape index (κ1) is 20.8. The first-order valence-electron chi connectivity index (χ1n) is 10.2. The molecule has 0 saturated carbocycles. The van der Waals surface area contributed by atoms with Crippen LogP contribution in [0.25, 0.3) is 11.3 Å². The molecule has 3 aromatic rings. The lowest BCUT2D eigenvalue weighted by Crippen LogP contribution is -2.21. The van der Waals surface area contributed by atoms with Gasteiger partial charge in [-0.25, -0.2) is 0 Å². The Balaban J connectivity index is 1.54. The van der Waals surface area contributed by atoms with Gasteiger partial charge in [0, 0.05) is 22.3 Å². The average molecular weight is 455 g/mol. The van der Waals surface area contributed by atoms with Crippen molar-refractivity contribution in [3.05, 3.63) is 107 Å². The van der Waals surface area contributed by atoms with E-state index in [1.54, 1.807) is 31.4 Å². The summed E-state index contributed by atoms with van der Waals surface area (Å²) in [6.45, 7) is 0. The smallest absolute Gasteiger partial charge is 0.279 e. The highest BCUT2D eigenvalue weighted by Crippen LogP contribution is 2.42. The Morgan fingerprint density at radius 3 is 2.45 bits per heavy atom. The summed E-state index contributed by atoms with van der Waals surface area (Å²) in [5, 5.41) is 2.96. The van der Waals surface area contributed by atoms with Crippen LogP contribution >= 0.6 is 11.8 Å². The Morgan fingerprint density at radius 1 is 0.970 bits per heavy atom. The van der Waals surface area contributed by atoms with Gasteiger partial charge in [-0.1, -0.05) is 36.4 Å². The third-order valence-electron chi connectivity index (χ3n) is 5.14. The molecule has 0 aromatic heterocycles. The zero-order chi connectivity index (χ0) is 22.8. The van der Waals surface area contributed by atoms with Gasteiger partial charge >= 0.3 is 0 Å². The number of hydrogen-bond acceptors (Lipinski definition) is 5. The third kappa shape index (κ3) is 4.18. The van der Waals surface area contributed by atoms with Crippen LogP contribution in [-0.2, 0) is 4.79 Å². The first-order valence-corrected chi connectivity index (χ1v) is 11.0. The number of methoxy groups -OCH3 is 1. The molecule has 0 bridgehead atoms. The van der Waals surface area contributed by atoms with Crippen LogP contribution in [0, 0.1) is 0 Å². The Morgan fingerprint density at radius 2 is 1.70 bits per heavy atom. The Bertz CT molecular complexity index is 1340. The highest BCUT2D eigenvalue weighted by molar-refractivity contribution is 8.18. The number of amidine groups is 1. The van der Waals surface area contributed by atoms with E-state index in [1.165, 1.54) is 0 Å². The molecular weight excluding hydrogens is 436 g/mol. The van der Waals surface area contributed by atoms with Crippen molar-refractivity contribution in [3.8, 4) is 11.5 Å². The molecule has 1 fully saturated rings. The predicted octanol–water partition coefficient (Wildman–Crippen LogP) is 4.90. The molecule has 33 heavy (non-hydrogen) atoms. The monoisotopic (exact) mass is 454 g/mol. The van der Waals surface area contributed by atoms with E-state index in [1.807, 2.05) is 60.7 Å². The lowest BCUT2D eigenvalue weighted by atomic mass is 9.99. The molecule has 5 rings (SSSR count). The van der Waals surface area contributed by atoms with Gasteiger partial charge in [0.1, 0.15) is 17.3 Å². The van der Waals surface area contributed by atoms with Crippen LogP contribution in [0.4, 0.5) is 0 Å². The number of nitrogens with one attached hydrogen (secondary N) is 1. The number of thioether (sulfide) groups is 1. The zero-order valence-corrected chi connectivity index (χ0v) is 18.4. The van der Waals surface area contributed by atoms with Crippen LogP contribution in [0.3, 0.4) is 0 Å². The quantitative estimate of drug-likeness (QED) is 0.570. The SMILES string of the molecule is COc1ccc(C2=CC(=C3SC(=NC(=O)c4ccccc4)NC3=O)c3ccccc3O2)cc1. The van der Waals surface area contributed by atoms with Crippen molar-refractivity contribution in [2.45, 2.75) is 0 Å². The summed E-state index contributed by atoms with van der Waals surface area (Å²) >= 11 is 1.14. The van der Waals surface area contributed by atoms with Crippen molar-refractivity contribution < 1.29 is 19.1 Å². The molecule has 2 heterocycles. The number of ether oxygens (including phenoxy) is 2. The normalized spacial score (nSPS) is 18.3. The molecule has 2 amide bonds. The minimum atomic E-state index is -0.411. The van der Waals surface area contributed by atoms with E-state index in [0.717, 1.165) is 28.6 Å². The molecule has 0 aliphatic carbocycles. The molecule has 0 spiro atoms. The van der Waals surface area contributed by atoms with Gasteiger partial charge in [-0.2, -0.15) is 4.99 Å². The van der Waals surface area contributed by atoms with Gasteiger partial charge in [-0.3, -0.25) is 9.59 Å². The van der Waals surface area contributed by atoms with E-state index in [0.29, 0.717) is 27.6 Å². The number of carbonyl (C=O) groups excluding carboxylic acids is 2. The number of para-hydroxylation sites is 1. The summed E-state index contributed by atoms with van der Waals surface area (Å²) in [5.41, 5.74) is 2.81. The molecule has 2 aliphatic rings. The van der Waals surface area contributed by atoms with E-state index in [2.05, 4.69) is 10.3 Å². The summed E-state index contributed by atoms with van der Waals surface area (Å²) in [7, 11) is 1.61. The van der Waals surface area contributed by atoms with Crippen LogP contribution < -0.4 is 14.8 Å². The highest BCUT2D eigenvalue weighted by Gasteiger charge is 2.31. The van der Waals surface area contributed by atoms with Crippen LogP contribution in [0.5, 0.6) is 11.5 Å². The van der Waals surface area contributed by atoms with E-state index < -0.39 is 5.91 Å². The minimum absolute atomic E-state index is 0.250. The van der Waals surface area contributed by atoms with Gasteiger partial charge in [-0.05, 0) is 60.3 Å². The van der Waals surface area contributed by atoms with E-state index in [-0.39, 0.29) is 11.1 Å². The fraction of sp³-hybridized carbons (Fsp3) is 0.0385. The van der Waals surface area contributed by atoms with Gasteiger partial charge in [0.05, 0.1) is 12.0 Å². The summed E-state index contributed by atoms with van der Waals surface area (Å²) < 4.78 is 11.4. The Hall–Kier alpha value is -4.10. The first-order chi connectivity index (χ1) is 16.1. The van der Waals surface area contributed by atoms with Gasteiger partial charge in [0.2, 0.25) is 0 Å². The van der Waals surface area contributed by atoms with Crippen molar-refractivity contribution in [3.63, 3.8) is 0 Å². The second-order valence-electron chi connectivity index (χ2n) is 7.22. The fourth-order valence-corrected chi connectivity index (χ4v) is 4.40. The summed E-state index contributed by atoms with van der Waals surface area (Å²) in [5.74, 6) is 1.28. The molecule has 3 aromatic carbocycles. The lowest BCUT2D eigenvalue weighted by molar-refractivity contribution is -0.115. The second kappa shape index (κ2) is 8.80. The number of amides is 2. The largest absolute Gasteiger partial charge is 0.497 e. The second-order valence-corrected chi connectivity index (χ2v) is 8.22. The van der Waals surface area contributed by atoms with Crippen molar-refractivity contribution in [1.29, 1.82) is 0 Å². The molecule has 162 valence electrons. The van der Waals surface area contributed by atoms with Gasteiger partial charge in [0.25, 0.3) is 11.8 Å². The van der Waals surface area contributed by atoms with Gasteiger partial charge in [-0.15, -0.1) is 0 Å². The highest BCUT2D eigenvalue weighted by atomic mass is 32.2. The average Bonchev–Trinajstić information content (AvgIpc) is 3.23. The van der Waals surface area contributed by atoms with Gasteiger partial charge < -0.3 is 14.8 Å². The topological polar surface area (TPSA) is 77.0 Å². The lowest BCUT2D eigenvalue weighted by Gasteiger charge is -2.21. The molecule has 0 atom stereocenters. The van der Waals surface area contributed by atoms with Crippen molar-refractivity contribution in [1.82, 2.24) is 5.32 Å². The summed E-state index contributed by atoms with van der Waals surface area (Å²) in [4.78, 5) is 29.9. The van der Waals surface area contributed by atoms with Gasteiger partial charge in [0.15, 0.2) is 5.17 Å². The number of allylic oxidation sites excluding steroid dienone is 2. The third-order valence-corrected chi connectivity index (χ3v) is 6.14. The predicted molar refractivity (Wildman–Crippen MR) is 129 cm³/mol. The van der Waals surface area contributed by atoms with Crippen molar-refractivity contribution >= 4 is 40.1 Å². The molecule has 7 heteroatoms. The number of aliphatic imine (C=N–C) groups is 1. The van der Waals surface area contributed by atoms with E-state index in [9.17, 15) is 9.59 Å². The molecule has 6 nitrogen and oxygen atoms in total. The minimum Gasteiger partial charge on any atom is -0.497 e. The van der Waals surface area contributed by atoms with E-state index in [4.69, 9.17) is 9.47 Å². The summed E-state index contributed by atoms with van der Waals surface area (Å²) in [6.07, 6.45) is 1.84. The van der Waals surface area contributed by atoms with Crippen LogP contribution in [-0.4, -0.2) is 24.1 Å². The number of carbonyl (C=O) groups is 2. The van der Waals surface area contributed by atoms with Crippen molar-refractivity contribution in [2.24, 2.45) is 4.99 Å². The maximum Gasteiger partial charge on any atom is 0.279 e. The number of hydrogen-bond donors (Lipinski definition) is 1.